The average molecular weight is 541 g/mol. The highest BCUT2D eigenvalue weighted by Crippen LogP contribution is 2.60. The molecular formula is C26H20Cl5P. The monoisotopic (exact) mass is 538 g/mol. The lowest BCUT2D eigenvalue weighted by atomic mass is 10.1. The molecule has 0 N–H and O–H groups in total. The average Bonchev–Trinajstić information content (AvgIpc) is 2.83. The van der Waals surface area contributed by atoms with E-state index in [-0.39, 0.29) is 12.4 Å². The van der Waals surface area contributed by atoms with Crippen LogP contribution in [0, 0.1) is 6.92 Å². The first-order chi connectivity index (χ1) is 15.0. The third kappa shape index (κ3) is 4.55. The number of halogens is 5. The fraction of sp³-hybridized carbons (Fsp3) is 0.0769. The lowest BCUT2D eigenvalue weighted by molar-refractivity contribution is -0.00000572. The van der Waals surface area contributed by atoms with Crippen LogP contribution in [0.4, 0.5) is 0 Å². The third-order valence-corrected chi connectivity index (χ3v) is 11.9. The molecule has 4 aromatic carbocycles. The van der Waals surface area contributed by atoms with Gasteiger partial charge in [0.1, 0.15) is 29.3 Å². The number of hydrogen-bond acceptors (Lipinski definition) is 0. The standard InChI is InChI=1S/C26H20Cl4P.ClH/c1-18-23(27)25(29)22(26(30)24(18)28)17-31(19-11-5-2-6-12-19,20-13-7-3-8-14-20)21-15-9-4-10-16-21;/h2-16H,17H2,1H3;1H/q+1;/p-1. The van der Waals surface area contributed by atoms with Crippen molar-refractivity contribution in [3.8, 4) is 0 Å². The van der Waals surface area contributed by atoms with Crippen molar-refractivity contribution in [2.45, 2.75) is 13.1 Å². The minimum atomic E-state index is -2.17. The molecule has 4 rings (SSSR count). The summed E-state index contributed by atoms with van der Waals surface area (Å²) in [7, 11) is -2.17. The molecule has 0 amide bonds. The van der Waals surface area contributed by atoms with Gasteiger partial charge in [-0.1, -0.05) is 101 Å². The molecule has 0 radical (unpaired) electrons. The first-order valence-corrected chi connectivity index (χ1v) is 13.3. The van der Waals surface area contributed by atoms with Gasteiger partial charge in [-0.15, -0.1) is 0 Å². The van der Waals surface area contributed by atoms with Crippen molar-refractivity contribution in [1.29, 1.82) is 0 Å². The molecule has 0 aliphatic heterocycles. The molecule has 164 valence electrons. The van der Waals surface area contributed by atoms with Gasteiger partial charge in [-0.2, -0.15) is 0 Å². The maximum absolute atomic E-state index is 6.79. The number of hydrogen-bond donors (Lipinski definition) is 0. The molecular weight excluding hydrogens is 521 g/mol. The van der Waals surface area contributed by atoms with Crippen molar-refractivity contribution in [2.24, 2.45) is 0 Å². The molecule has 0 aliphatic rings. The normalized spacial score (nSPS) is 11.2. The second-order valence-electron chi connectivity index (χ2n) is 7.33. The highest BCUT2D eigenvalue weighted by atomic mass is 35.5. The van der Waals surface area contributed by atoms with Gasteiger partial charge in [0.2, 0.25) is 0 Å². The van der Waals surface area contributed by atoms with E-state index in [1.54, 1.807) is 0 Å². The van der Waals surface area contributed by atoms with E-state index in [2.05, 4.69) is 72.8 Å². The summed E-state index contributed by atoms with van der Waals surface area (Å²) >= 11 is 26.7. The van der Waals surface area contributed by atoms with Crippen LogP contribution in [0.3, 0.4) is 0 Å². The summed E-state index contributed by atoms with van der Waals surface area (Å²) < 4.78 is 0. The predicted octanol–water partition coefficient (Wildman–Crippen LogP) is 5.11. The largest absolute Gasteiger partial charge is 1.00 e. The van der Waals surface area contributed by atoms with Crippen molar-refractivity contribution < 1.29 is 12.4 Å². The Morgan fingerprint density at radius 1 is 0.531 bits per heavy atom. The van der Waals surface area contributed by atoms with Crippen LogP contribution in [0.2, 0.25) is 20.1 Å². The zero-order valence-electron chi connectivity index (χ0n) is 17.2. The molecule has 0 saturated heterocycles. The predicted molar refractivity (Wildman–Crippen MR) is 140 cm³/mol. The van der Waals surface area contributed by atoms with Crippen molar-refractivity contribution in [3.63, 3.8) is 0 Å². The van der Waals surface area contributed by atoms with Crippen molar-refractivity contribution >= 4 is 69.6 Å². The molecule has 32 heavy (non-hydrogen) atoms. The van der Waals surface area contributed by atoms with Gasteiger partial charge in [0.25, 0.3) is 0 Å². The first kappa shape index (κ1) is 25.4. The zero-order valence-corrected chi connectivity index (χ0v) is 21.9. The lowest BCUT2D eigenvalue weighted by Crippen LogP contribution is -3.00. The lowest BCUT2D eigenvalue weighted by Gasteiger charge is -2.29. The van der Waals surface area contributed by atoms with Crippen molar-refractivity contribution in [3.05, 3.63) is 122 Å². The fourth-order valence-corrected chi connectivity index (χ4v) is 9.51. The Morgan fingerprint density at radius 2 is 0.844 bits per heavy atom. The molecule has 6 heteroatoms. The van der Waals surface area contributed by atoms with Crippen LogP contribution in [-0.2, 0) is 6.16 Å². The van der Waals surface area contributed by atoms with E-state index >= 15 is 0 Å². The summed E-state index contributed by atoms with van der Waals surface area (Å²) in [5.74, 6) is 0. The topological polar surface area (TPSA) is 0 Å². The molecule has 0 atom stereocenters. The highest BCUT2D eigenvalue weighted by Gasteiger charge is 2.46. The van der Waals surface area contributed by atoms with Gasteiger partial charge in [-0.05, 0) is 48.9 Å². The second kappa shape index (κ2) is 10.8. The van der Waals surface area contributed by atoms with E-state index < -0.39 is 7.26 Å². The van der Waals surface area contributed by atoms with E-state index in [0.717, 1.165) is 5.56 Å². The van der Waals surface area contributed by atoms with Gasteiger partial charge >= 0.3 is 0 Å². The Bertz CT molecular complexity index is 1070. The SMILES string of the molecule is Cc1c(Cl)c(Cl)c(C[P+](c2ccccc2)(c2ccccc2)c2ccccc2)c(Cl)c1Cl.[Cl-]. The van der Waals surface area contributed by atoms with Crippen LogP contribution in [0.5, 0.6) is 0 Å². The minimum Gasteiger partial charge on any atom is -1.00 e. The van der Waals surface area contributed by atoms with Gasteiger partial charge in [0, 0.05) is 5.56 Å². The van der Waals surface area contributed by atoms with Crippen molar-refractivity contribution in [1.82, 2.24) is 0 Å². The summed E-state index contributed by atoms with van der Waals surface area (Å²) in [4.78, 5) is 0. The van der Waals surface area contributed by atoms with Crippen LogP contribution in [0.15, 0.2) is 91.0 Å². The molecule has 0 bridgehead atoms. The Labute approximate surface area is 216 Å². The van der Waals surface area contributed by atoms with E-state index in [4.69, 9.17) is 46.4 Å². The van der Waals surface area contributed by atoms with E-state index in [9.17, 15) is 0 Å². The molecule has 0 aliphatic carbocycles. The maximum Gasteiger partial charge on any atom is 0.116 e. The molecule has 0 heterocycles. The summed E-state index contributed by atoms with van der Waals surface area (Å²) in [6.45, 7) is 1.83. The third-order valence-electron chi connectivity index (χ3n) is 5.56. The summed E-state index contributed by atoms with van der Waals surface area (Å²) in [5, 5.41) is 5.59. The smallest absolute Gasteiger partial charge is 0.116 e. The first-order valence-electron chi connectivity index (χ1n) is 9.83. The summed E-state index contributed by atoms with van der Waals surface area (Å²) in [6.07, 6.45) is 0.614. The molecule has 0 fully saturated rings. The van der Waals surface area contributed by atoms with Gasteiger partial charge < -0.3 is 12.4 Å². The second-order valence-corrected chi connectivity index (χ2v) is 12.3. The van der Waals surface area contributed by atoms with Crippen molar-refractivity contribution in [2.75, 3.05) is 0 Å². The van der Waals surface area contributed by atoms with Gasteiger partial charge in [-0.25, -0.2) is 0 Å². The van der Waals surface area contributed by atoms with Gasteiger partial charge in [0.05, 0.1) is 20.1 Å². The Balaban J connectivity index is 0.00000289. The van der Waals surface area contributed by atoms with Gasteiger partial charge in [0.15, 0.2) is 0 Å². The van der Waals surface area contributed by atoms with E-state index in [1.807, 2.05) is 25.1 Å². The van der Waals surface area contributed by atoms with E-state index in [0.29, 0.717) is 31.8 Å². The fourth-order valence-electron chi connectivity index (χ4n) is 3.93. The van der Waals surface area contributed by atoms with Crippen LogP contribution in [-0.4, -0.2) is 0 Å². The quantitative estimate of drug-likeness (QED) is 0.244. The molecule has 0 aromatic heterocycles. The minimum absolute atomic E-state index is 0. The summed E-state index contributed by atoms with van der Waals surface area (Å²) in [6, 6.07) is 31.7. The van der Waals surface area contributed by atoms with Crippen LogP contribution >= 0.6 is 53.7 Å². The molecule has 4 aromatic rings. The molecule has 0 saturated carbocycles. The highest BCUT2D eigenvalue weighted by molar-refractivity contribution is 7.95. The number of benzene rings is 4. The molecule has 0 unspecified atom stereocenters. The Morgan fingerprint density at radius 3 is 1.16 bits per heavy atom. The summed E-state index contributed by atoms with van der Waals surface area (Å²) in [5.41, 5.74) is 1.49. The molecule has 0 spiro atoms. The molecule has 0 nitrogen and oxygen atoms in total. The van der Waals surface area contributed by atoms with Crippen LogP contribution < -0.4 is 28.3 Å². The number of rotatable bonds is 5. The Kier molecular flexibility index (Phi) is 8.56. The maximum atomic E-state index is 6.79. The Hall–Kier alpha value is -1.24. The van der Waals surface area contributed by atoms with Crippen LogP contribution in [0.1, 0.15) is 11.1 Å². The van der Waals surface area contributed by atoms with E-state index in [1.165, 1.54) is 15.9 Å². The van der Waals surface area contributed by atoms with Crippen LogP contribution in [0.25, 0.3) is 0 Å². The zero-order chi connectivity index (χ0) is 22.0. The van der Waals surface area contributed by atoms with Gasteiger partial charge in [-0.3, -0.25) is 0 Å².